The Morgan fingerprint density at radius 1 is 1.22 bits per heavy atom. The van der Waals surface area contributed by atoms with Gasteiger partial charge in [-0.1, -0.05) is 6.92 Å². The molecule has 0 spiro atoms. The second kappa shape index (κ2) is 6.36. The summed E-state index contributed by atoms with van der Waals surface area (Å²) >= 11 is 0. The van der Waals surface area contributed by atoms with Crippen LogP contribution in [0, 0.1) is 11.8 Å². The first-order valence-electron chi connectivity index (χ1n) is 7.54. The van der Waals surface area contributed by atoms with Crippen molar-refractivity contribution in [3.8, 4) is 0 Å². The van der Waals surface area contributed by atoms with Crippen molar-refractivity contribution in [1.29, 1.82) is 0 Å². The summed E-state index contributed by atoms with van der Waals surface area (Å²) in [6, 6.07) is 0. The molecule has 106 valence electrons. The molecule has 0 radical (unpaired) electrons. The molecule has 18 heavy (non-hydrogen) atoms. The van der Waals surface area contributed by atoms with Crippen LogP contribution < -0.4 is 0 Å². The summed E-state index contributed by atoms with van der Waals surface area (Å²) in [6.45, 7) is 7.33. The van der Waals surface area contributed by atoms with Gasteiger partial charge in [0.2, 0.25) is 0 Å². The van der Waals surface area contributed by atoms with Crippen LogP contribution in [0.2, 0.25) is 0 Å². The van der Waals surface area contributed by atoms with Gasteiger partial charge in [0.25, 0.3) is 0 Å². The van der Waals surface area contributed by atoms with E-state index < -0.39 is 0 Å². The summed E-state index contributed by atoms with van der Waals surface area (Å²) in [7, 11) is 0. The molecule has 0 bridgehead atoms. The molecule has 2 heterocycles. The normalized spacial score (nSPS) is 42.3. The monoisotopic (exact) mass is 256 g/mol. The number of ether oxygens (including phenoxy) is 2. The Morgan fingerprint density at radius 3 is 2.56 bits per heavy atom. The highest BCUT2D eigenvalue weighted by atomic mass is 16.5. The van der Waals surface area contributed by atoms with Crippen LogP contribution in [0.25, 0.3) is 0 Å². The highest BCUT2D eigenvalue weighted by Crippen LogP contribution is 2.36. The Kier molecular flexibility index (Phi) is 5.05. The van der Waals surface area contributed by atoms with Crippen molar-refractivity contribution < 1.29 is 14.6 Å². The minimum Gasteiger partial charge on any atom is -0.393 e. The lowest BCUT2D eigenvalue weighted by Gasteiger charge is -2.25. The predicted molar refractivity (Wildman–Crippen MR) is 71.5 cm³/mol. The molecule has 3 nitrogen and oxygen atoms in total. The first-order valence-corrected chi connectivity index (χ1v) is 7.54. The molecule has 0 saturated carbocycles. The SMILES string of the molecule is CC1OC(C)C(C(O)CCCC2CCCO2)C1C. The van der Waals surface area contributed by atoms with Crippen molar-refractivity contribution in [2.24, 2.45) is 11.8 Å². The van der Waals surface area contributed by atoms with E-state index in [1.54, 1.807) is 0 Å². The van der Waals surface area contributed by atoms with E-state index in [0.29, 0.717) is 17.9 Å². The minimum absolute atomic E-state index is 0.188. The van der Waals surface area contributed by atoms with Gasteiger partial charge in [-0.15, -0.1) is 0 Å². The molecule has 2 fully saturated rings. The lowest BCUT2D eigenvalue weighted by Crippen LogP contribution is -2.31. The first-order chi connectivity index (χ1) is 8.59. The number of aliphatic hydroxyl groups excluding tert-OH is 1. The van der Waals surface area contributed by atoms with Gasteiger partial charge in [-0.05, 0) is 51.9 Å². The standard InChI is InChI=1S/C15H28O3/c1-10-11(2)18-12(3)15(10)14(16)8-4-6-13-7-5-9-17-13/h10-16H,4-9H2,1-3H3. The van der Waals surface area contributed by atoms with Crippen molar-refractivity contribution in [3.63, 3.8) is 0 Å². The molecular weight excluding hydrogens is 228 g/mol. The second-order valence-electron chi connectivity index (χ2n) is 6.12. The molecule has 2 aliphatic rings. The van der Waals surface area contributed by atoms with Gasteiger partial charge in [0.15, 0.2) is 0 Å². The largest absolute Gasteiger partial charge is 0.393 e. The van der Waals surface area contributed by atoms with Crippen LogP contribution in [0.4, 0.5) is 0 Å². The van der Waals surface area contributed by atoms with E-state index in [4.69, 9.17) is 9.47 Å². The highest BCUT2D eigenvalue weighted by Gasteiger charge is 2.40. The zero-order valence-corrected chi connectivity index (χ0v) is 12.0. The van der Waals surface area contributed by atoms with E-state index in [-0.39, 0.29) is 18.3 Å². The van der Waals surface area contributed by atoms with E-state index in [1.807, 2.05) is 0 Å². The molecule has 0 aromatic rings. The number of hydrogen-bond donors (Lipinski definition) is 1. The molecule has 0 aliphatic carbocycles. The van der Waals surface area contributed by atoms with Crippen molar-refractivity contribution in [3.05, 3.63) is 0 Å². The van der Waals surface area contributed by atoms with Crippen LogP contribution in [0.15, 0.2) is 0 Å². The number of aliphatic hydroxyl groups is 1. The quantitative estimate of drug-likeness (QED) is 0.822. The maximum absolute atomic E-state index is 10.4. The zero-order chi connectivity index (χ0) is 13.1. The van der Waals surface area contributed by atoms with E-state index in [0.717, 1.165) is 25.9 Å². The topological polar surface area (TPSA) is 38.7 Å². The van der Waals surface area contributed by atoms with Gasteiger partial charge in [-0.3, -0.25) is 0 Å². The van der Waals surface area contributed by atoms with E-state index in [9.17, 15) is 5.11 Å². The zero-order valence-electron chi connectivity index (χ0n) is 12.0. The Bertz CT molecular complexity index is 250. The molecule has 6 unspecified atom stereocenters. The average Bonchev–Trinajstić information content (AvgIpc) is 2.89. The second-order valence-corrected chi connectivity index (χ2v) is 6.12. The average molecular weight is 256 g/mol. The fraction of sp³-hybridized carbons (Fsp3) is 1.00. The summed E-state index contributed by atoms with van der Waals surface area (Å²) in [5.74, 6) is 0.752. The van der Waals surface area contributed by atoms with Crippen LogP contribution >= 0.6 is 0 Å². The summed E-state index contributed by atoms with van der Waals surface area (Å²) in [5, 5.41) is 10.4. The van der Waals surface area contributed by atoms with Gasteiger partial charge in [0.1, 0.15) is 0 Å². The van der Waals surface area contributed by atoms with Crippen LogP contribution in [0.1, 0.15) is 52.9 Å². The van der Waals surface area contributed by atoms with Gasteiger partial charge < -0.3 is 14.6 Å². The molecule has 3 heteroatoms. The highest BCUT2D eigenvalue weighted by molar-refractivity contribution is 4.88. The smallest absolute Gasteiger partial charge is 0.0607 e. The van der Waals surface area contributed by atoms with Crippen LogP contribution in [-0.4, -0.2) is 36.1 Å². The van der Waals surface area contributed by atoms with Crippen molar-refractivity contribution in [1.82, 2.24) is 0 Å². The van der Waals surface area contributed by atoms with Crippen LogP contribution in [0.5, 0.6) is 0 Å². The predicted octanol–water partition coefficient (Wildman–Crippen LogP) is 2.76. The Balaban J connectivity index is 1.71. The molecule has 0 aromatic heterocycles. The molecule has 0 amide bonds. The summed E-state index contributed by atoms with van der Waals surface area (Å²) in [6.07, 6.45) is 6.15. The van der Waals surface area contributed by atoms with Gasteiger partial charge in [0, 0.05) is 12.5 Å². The van der Waals surface area contributed by atoms with Gasteiger partial charge in [-0.25, -0.2) is 0 Å². The fourth-order valence-corrected chi connectivity index (χ4v) is 3.58. The van der Waals surface area contributed by atoms with Gasteiger partial charge in [-0.2, -0.15) is 0 Å². The third kappa shape index (κ3) is 3.25. The van der Waals surface area contributed by atoms with Gasteiger partial charge >= 0.3 is 0 Å². The number of hydrogen-bond acceptors (Lipinski definition) is 3. The van der Waals surface area contributed by atoms with Crippen LogP contribution in [-0.2, 0) is 9.47 Å². The Hall–Kier alpha value is -0.120. The maximum atomic E-state index is 10.4. The summed E-state index contributed by atoms with van der Waals surface area (Å²) in [4.78, 5) is 0. The molecular formula is C15H28O3. The lowest BCUT2D eigenvalue weighted by molar-refractivity contribution is 0.0184. The van der Waals surface area contributed by atoms with Gasteiger partial charge in [0.05, 0.1) is 24.4 Å². The molecule has 1 N–H and O–H groups in total. The third-order valence-electron chi connectivity index (χ3n) is 4.81. The van der Waals surface area contributed by atoms with E-state index in [2.05, 4.69) is 20.8 Å². The van der Waals surface area contributed by atoms with E-state index in [1.165, 1.54) is 12.8 Å². The Morgan fingerprint density at radius 2 is 2.00 bits per heavy atom. The molecule has 2 aliphatic heterocycles. The first kappa shape index (κ1) is 14.3. The minimum atomic E-state index is -0.221. The molecule has 6 atom stereocenters. The summed E-state index contributed by atoms with van der Waals surface area (Å²) in [5.41, 5.74) is 0. The molecule has 2 rings (SSSR count). The molecule has 0 aromatic carbocycles. The van der Waals surface area contributed by atoms with E-state index >= 15 is 0 Å². The molecule has 2 saturated heterocycles. The Labute approximate surface area is 111 Å². The van der Waals surface area contributed by atoms with Crippen molar-refractivity contribution in [2.75, 3.05) is 6.61 Å². The third-order valence-corrected chi connectivity index (χ3v) is 4.81. The lowest BCUT2D eigenvalue weighted by atomic mass is 9.83. The van der Waals surface area contributed by atoms with Crippen molar-refractivity contribution in [2.45, 2.75) is 77.3 Å². The maximum Gasteiger partial charge on any atom is 0.0607 e. The summed E-state index contributed by atoms with van der Waals surface area (Å²) < 4.78 is 11.4. The van der Waals surface area contributed by atoms with Crippen LogP contribution in [0.3, 0.4) is 0 Å². The fourth-order valence-electron chi connectivity index (χ4n) is 3.58. The number of rotatable bonds is 5. The van der Waals surface area contributed by atoms with Crippen molar-refractivity contribution >= 4 is 0 Å².